The van der Waals surface area contributed by atoms with Gasteiger partial charge in [0.2, 0.25) is 0 Å². The van der Waals surface area contributed by atoms with Gasteiger partial charge in [-0.1, -0.05) is 13.3 Å². The predicted molar refractivity (Wildman–Crippen MR) is 71.8 cm³/mol. The Morgan fingerprint density at radius 3 is 2.67 bits per heavy atom. The average molecular weight is 250 g/mol. The van der Waals surface area contributed by atoms with E-state index in [2.05, 4.69) is 24.1 Å². The SMILES string of the molecule is CCC1CCC(NC(C)c2cncc(F)c2)CC1. The maximum absolute atomic E-state index is 13.1. The molecule has 1 aliphatic carbocycles. The fourth-order valence-corrected chi connectivity index (χ4v) is 2.85. The lowest BCUT2D eigenvalue weighted by molar-refractivity contribution is 0.273. The highest BCUT2D eigenvalue weighted by molar-refractivity contribution is 5.14. The summed E-state index contributed by atoms with van der Waals surface area (Å²) in [6, 6.07) is 2.32. The molecule has 100 valence electrons. The summed E-state index contributed by atoms with van der Waals surface area (Å²) in [6.45, 7) is 4.36. The van der Waals surface area contributed by atoms with E-state index in [1.54, 1.807) is 12.3 Å². The van der Waals surface area contributed by atoms with Crippen LogP contribution in [0.2, 0.25) is 0 Å². The minimum absolute atomic E-state index is 0.177. The van der Waals surface area contributed by atoms with Crippen molar-refractivity contribution in [1.29, 1.82) is 0 Å². The fraction of sp³-hybridized carbons (Fsp3) is 0.667. The van der Waals surface area contributed by atoms with E-state index >= 15 is 0 Å². The van der Waals surface area contributed by atoms with Crippen LogP contribution in [-0.4, -0.2) is 11.0 Å². The Hall–Kier alpha value is -0.960. The Morgan fingerprint density at radius 1 is 1.33 bits per heavy atom. The van der Waals surface area contributed by atoms with Crippen molar-refractivity contribution >= 4 is 0 Å². The zero-order valence-corrected chi connectivity index (χ0v) is 11.3. The first-order chi connectivity index (χ1) is 8.69. The van der Waals surface area contributed by atoms with E-state index in [9.17, 15) is 4.39 Å². The zero-order chi connectivity index (χ0) is 13.0. The van der Waals surface area contributed by atoms with Crippen molar-refractivity contribution in [1.82, 2.24) is 10.3 Å². The topological polar surface area (TPSA) is 24.9 Å². The third-order valence-corrected chi connectivity index (χ3v) is 4.14. The molecule has 2 rings (SSSR count). The van der Waals surface area contributed by atoms with Gasteiger partial charge in [0.15, 0.2) is 0 Å². The van der Waals surface area contributed by atoms with Crippen LogP contribution < -0.4 is 5.32 Å². The van der Waals surface area contributed by atoms with E-state index in [-0.39, 0.29) is 11.9 Å². The van der Waals surface area contributed by atoms with Gasteiger partial charge in [0.05, 0.1) is 6.20 Å². The summed E-state index contributed by atoms with van der Waals surface area (Å²) in [5, 5.41) is 3.60. The molecule has 1 saturated carbocycles. The van der Waals surface area contributed by atoms with Crippen molar-refractivity contribution in [2.75, 3.05) is 0 Å². The van der Waals surface area contributed by atoms with Crippen LogP contribution in [0.3, 0.4) is 0 Å². The van der Waals surface area contributed by atoms with Crippen molar-refractivity contribution in [3.8, 4) is 0 Å². The Labute approximate surface area is 109 Å². The van der Waals surface area contributed by atoms with Gasteiger partial charge in [0.25, 0.3) is 0 Å². The minimum Gasteiger partial charge on any atom is -0.307 e. The Bertz CT molecular complexity index is 373. The summed E-state index contributed by atoms with van der Waals surface area (Å²) in [7, 11) is 0. The van der Waals surface area contributed by atoms with Crippen LogP contribution in [-0.2, 0) is 0 Å². The fourth-order valence-electron chi connectivity index (χ4n) is 2.85. The average Bonchev–Trinajstić information content (AvgIpc) is 2.39. The van der Waals surface area contributed by atoms with E-state index in [4.69, 9.17) is 0 Å². The molecule has 0 spiro atoms. The molecule has 0 bridgehead atoms. The number of nitrogens with one attached hydrogen (secondary N) is 1. The summed E-state index contributed by atoms with van der Waals surface area (Å²) >= 11 is 0. The quantitative estimate of drug-likeness (QED) is 0.878. The van der Waals surface area contributed by atoms with Gasteiger partial charge in [-0.15, -0.1) is 0 Å². The normalized spacial score (nSPS) is 25.9. The highest BCUT2D eigenvalue weighted by atomic mass is 19.1. The molecule has 1 atom stereocenters. The lowest BCUT2D eigenvalue weighted by atomic mass is 9.84. The van der Waals surface area contributed by atoms with E-state index in [0.717, 1.165) is 11.5 Å². The number of hydrogen-bond donors (Lipinski definition) is 1. The second kappa shape index (κ2) is 6.28. The lowest BCUT2D eigenvalue weighted by Gasteiger charge is -2.30. The molecule has 0 saturated heterocycles. The van der Waals surface area contributed by atoms with Crippen molar-refractivity contribution in [2.24, 2.45) is 5.92 Å². The number of pyridine rings is 1. The molecule has 0 radical (unpaired) electrons. The van der Waals surface area contributed by atoms with E-state index in [1.807, 2.05) is 0 Å². The number of halogens is 1. The highest BCUT2D eigenvalue weighted by Gasteiger charge is 2.21. The van der Waals surface area contributed by atoms with Gasteiger partial charge in [-0.2, -0.15) is 0 Å². The zero-order valence-electron chi connectivity index (χ0n) is 11.3. The molecule has 18 heavy (non-hydrogen) atoms. The van der Waals surface area contributed by atoms with Crippen molar-refractivity contribution in [3.63, 3.8) is 0 Å². The van der Waals surface area contributed by atoms with Gasteiger partial charge >= 0.3 is 0 Å². The smallest absolute Gasteiger partial charge is 0.141 e. The molecule has 3 heteroatoms. The van der Waals surface area contributed by atoms with Crippen LogP contribution in [0.5, 0.6) is 0 Å². The van der Waals surface area contributed by atoms with Gasteiger partial charge in [-0.25, -0.2) is 4.39 Å². The highest BCUT2D eigenvalue weighted by Crippen LogP contribution is 2.27. The van der Waals surface area contributed by atoms with Gasteiger partial charge in [0.1, 0.15) is 5.82 Å². The van der Waals surface area contributed by atoms with E-state index in [0.29, 0.717) is 6.04 Å². The van der Waals surface area contributed by atoms with Crippen molar-refractivity contribution in [2.45, 2.75) is 58.0 Å². The van der Waals surface area contributed by atoms with E-state index < -0.39 is 0 Å². The first-order valence-electron chi connectivity index (χ1n) is 7.05. The van der Waals surface area contributed by atoms with Crippen LogP contribution in [0.25, 0.3) is 0 Å². The third kappa shape index (κ3) is 3.52. The molecule has 0 amide bonds. The first-order valence-corrected chi connectivity index (χ1v) is 7.05. The van der Waals surface area contributed by atoms with Crippen molar-refractivity contribution < 1.29 is 4.39 Å². The summed E-state index contributed by atoms with van der Waals surface area (Å²) in [5.74, 6) is 0.657. The summed E-state index contributed by atoms with van der Waals surface area (Å²) in [4.78, 5) is 3.91. The molecule has 2 nitrogen and oxygen atoms in total. The molecule has 1 fully saturated rings. The minimum atomic E-state index is -0.254. The van der Waals surface area contributed by atoms with Gasteiger partial charge in [-0.3, -0.25) is 4.98 Å². The molecule has 1 unspecified atom stereocenters. The van der Waals surface area contributed by atoms with Crippen molar-refractivity contribution in [3.05, 3.63) is 29.8 Å². The maximum atomic E-state index is 13.1. The second-order valence-electron chi connectivity index (χ2n) is 5.45. The van der Waals surface area contributed by atoms with Gasteiger partial charge in [0, 0.05) is 18.3 Å². The van der Waals surface area contributed by atoms with Crippen LogP contribution in [0.1, 0.15) is 57.6 Å². The monoisotopic (exact) mass is 250 g/mol. The molecular weight excluding hydrogens is 227 g/mol. The number of hydrogen-bond acceptors (Lipinski definition) is 2. The Balaban J connectivity index is 1.86. The molecule has 0 aliphatic heterocycles. The maximum Gasteiger partial charge on any atom is 0.141 e. The number of nitrogens with zero attached hydrogens (tertiary/aromatic N) is 1. The van der Waals surface area contributed by atoms with Crippen LogP contribution in [0.15, 0.2) is 18.5 Å². The molecule has 1 aromatic heterocycles. The third-order valence-electron chi connectivity index (χ3n) is 4.14. The Morgan fingerprint density at radius 2 is 2.06 bits per heavy atom. The summed E-state index contributed by atoms with van der Waals surface area (Å²) < 4.78 is 13.1. The summed E-state index contributed by atoms with van der Waals surface area (Å²) in [5.41, 5.74) is 0.938. The lowest BCUT2D eigenvalue weighted by Crippen LogP contribution is -2.35. The van der Waals surface area contributed by atoms with Gasteiger partial charge < -0.3 is 5.32 Å². The van der Waals surface area contributed by atoms with Crippen LogP contribution >= 0.6 is 0 Å². The second-order valence-corrected chi connectivity index (χ2v) is 5.45. The number of aromatic nitrogens is 1. The number of rotatable bonds is 4. The molecule has 1 aromatic rings. The standard InChI is InChI=1S/C15H23FN2/c1-3-12-4-6-15(7-5-12)18-11(2)13-8-14(16)10-17-9-13/h8-12,15,18H,3-7H2,1-2H3. The molecule has 0 aromatic carbocycles. The molecule has 1 N–H and O–H groups in total. The molecule has 1 aliphatic rings. The largest absolute Gasteiger partial charge is 0.307 e. The summed E-state index contributed by atoms with van der Waals surface area (Å²) in [6.07, 6.45) is 9.43. The molecule has 1 heterocycles. The first kappa shape index (κ1) is 13.5. The predicted octanol–water partition coefficient (Wildman–Crippen LogP) is 3.84. The van der Waals surface area contributed by atoms with Crippen LogP contribution in [0, 0.1) is 11.7 Å². The molecular formula is C15H23FN2. The Kier molecular flexibility index (Phi) is 4.70. The van der Waals surface area contributed by atoms with Crippen LogP contribution in [0.4, 0.5) is 4.39 Å². The van der Waals surface area contributed by atoms with Gasteiger partial charge in [-0.05, 0) is 50.2 Å². The van der Waals surface area contributed by atoms with E-state index in [1.165, 1.54) is 38.3 Å².